The molecule has 0 spiro atoms. The fraction of sp³-hybridized carbons (Fsp3) is 0.600. The lowest BCUT2D eigenvalue weighted by Gasteiger charge is -2.32. The SMILES string of the molecule is COCCN(c1cccc(OC)c1[C@@H](C)N)C(C)C. The molecule has 1 aromatic carbocycles. The van der Waals surface area contributed by atoms with E-state index in [1.807, 2.05) is 19.1 Å². The first-order valence-electron chi connectivity index (χ1n) is 6.71. The van der Waals surface area contributed by atoms with Gasteiger partial charge < -0.3 is 20.1 Å². The van der Waals surface area contributed by atoms with Crippen LogP contribution in [0.5, 0.6) is 5.75 Å². The van der Waals surface area contributed by atoms with E-state index in [-0.39, 0.29) is 6.04 Å². The van der Waals surface area contributed by atoms with Gasteiger partial charge in [-0.15, -0.1) is 0 Å². The summed E-state index contributed by atoms with van der Waals surface area (Å²) in [5.74, 6) is 0.843. The molecule has 0 aliphatic rings. The maximum absolute atomic E-state index is 6.12. The van der Waals surface area contributed by atoms with Gasteiger partial charge in [0.1, 0.15) is 5.75 Å². The summed E-state index contributed by atoms with van der Waals surface area (Å²) in [6.45, 7) is 7.84. The normalized spacial score (nSPS) is 12.6. The number of nitrogens with two attached hydrogens (primary N) is 1. The molecule has 1 rings (SSSR count). The molecular weight excluding hydrogens is 240 g/mol. The molecule has 0 heterocycles. The second-order valence-corrected chi connectivity index (χ2v) is 4.96. The molecule has 0 bridgehead atoms. The zero-order valence-electron chi connectivity index (χ0n) is 12.6. The Labute approximate surface area is 116 Å². The highest BCUT2D eigenvalue weighted by Crippen LogP contribution is 2.34. The van der Waals surface area contributed by atoms with Crippen molar-refractivity contribution in [2.45, 2.75) is 32.9 Å². The summed E-state index contributed by atoms with van der Waals surface area (Å²) in [7, 11) is 3.40. The predicted molar refractivity (Wildman–Crippen MR) is 80.0 cm³/mol. The second-order valence-electron chi connectivity index (χ2n) is 4.96. The number of rotatable bonds is 7. The van der Waals surface area contributed by atoms with Crippen molar-refractivity contribution in [3.8, 4) is 5.75 Å². The van der Waals surface area contributed by atoms with Crippen LogP contribution >= 0.6 is 0 Å². The summed E-state index contributed by atoms with van der Waals surface area (Å²) < 4.78 is 10.6. The lowest BCUT2D eigenvalue weighted by molar-refractivity contribution is 0.203. The largest absolute Gasteiger partial charge is 0.496 e. The smallest absolute Gasteiger partial charge is 0.125 e. The predicted octanol–water partition coefficient (Wildman–Crippen LogP) is 2.58. The Morgan fingerprint density at radius 2 is 1.89 bits per heavy atom. The van der Waals surface area contributed by atoms with Crippen molar-refractivity contribution >= 4 is 5.69 Å². The number of anilines is 1. The van der Waals surface area contributed by atoms with Crippen molar-refractivity contribution in [3.63, 3.8) is 0 Å². The molecular formula is C15H26N2O2. The Balaban J connectivity index is 3.21. The van der Waals surface area contributed by atoms with E-state index in [1.165, 1.54) is 0 Å². The molecule has 4 nitrogen and oxygen atoms in total. The van der Waals surface area contributed by atoms with Gasteiger partial charge in [-0.25, -0.2) is 0 Å². The van der Waals surface area contributed by atoms with Crippen molar-refractivity contribution in [2.75, 3.05) is 32.3 Å². The lowest BCUT2D eigenvalue weighted by atomic mass is 10.0. The van der Waals surface area contributed by atoms with Gasteiger partial charge in [0, 0.05) is 37.0 Å². The zero-order valence-corrected chi connectivity index (χ0v) is 12.6. The number of benzene rings is 1. The van der Waals surface area contributed by atoms with Gasteiger partial charge in [-0.3, -0.25) is 0 Å². The van der Waals surface area contributed by atoms with E-state index in [0.29, 0.717) is 12.6 Å². The molecule has 1 atom stereocenters. The number of ether oxygens (including phenoxy) is 2. The lowest BCUT2D eigenvalue weighted by Crippen LogP contribution is -2.35. The maximum atomic E-state index is 6.12. The van der Waals surface area contributed by atoms with Gasteiger partial charge in [0.05, 0.1) is 13.7 Å². The van der Waals surface area contributed by atoms with Crippen LogP contribution in [-0.2, 0) is 4.74 Å². The highest BCUT2D eigenvalue weighted by atomic mass is 16.5. The van der Waals surface area contributed by atoms with Crippen molar-refractivity contribution in [2.24, 2.45) is 5.73 Å². The van der Waals surface area contributed by atoms with Crippen LogP contribution in [0.25, 0.3) is 0 Å². The summed E-state index contributed by atoms with van der Waals surface area (Å²) >= 11 is 0. The second kappa shape index (κ2) is 7.36. The number of hydrogen-bond donors (Lipinski definition) is 1. The number of methoxy groups -OCH3 is 2. The molecule has 2 N–H and O–H groups in total. The van der Waals surface area contributed by atoms with Crippen LogP contribution in [0.1, 0.15) is 32.4 Å². The molecule has 0 amide bonds. The van der Waals surface area contributed by atoms with E-state index in [1.54, 1.807) is 14.2 Å². The summed E-state index contributed by atoms with van der Waals surface area (Å²) in [4.78, 5) is 2.30. The summed E-state index contributed by atoms with van der Waals surface area (Å²) in [6.07, 6.45) is 0. The molecule has 0 saturated heterocycles. The quantitative estimate of drug-likeness (QED) is 0.824. The van der Waals surface area contributed by atoms with Gasteiger partial charge in [-0.05, 0) is 32.9 Å². The third-order valence-electron chi connectivity index (χ3n) is 3.19. The van der Waals surface area contributed by atoms with Crippen LogP contribution in [0, 0.1) is 0 Å². The fourth-order valence-corrected chi connectivity index (χ4v) is 2.27. The summed E-state index contributed by atoms with van der Waals surface area (Å²) in [6, 6.07) is 6.35. The van der Waals surface area contributed by atoms with Crippen molar-refractivity contribution < 1.29 is 9.47 Å². The van der Waals surface area contributed by atoms with Crippen LogP contribution in [-0.4, -0.2) is 33.4 Å². The number of nitrogens with zero attached hydrogens (tertiary/aromatic N) is 1. The molecule has 0 fully saturated rings. The maximum Gasteiger partial charge on any atom is 0.125 e. The van der Waals surface area contributed by atoms with Crippen LogP contribution in [0.2, 0.25) is 0 Å². The average Bonchev–Trinajstić information content (AvgIpc) is 2.38. The highest BCUT2D eigenvalue weighted by Gasteiger charge is 2.19. The molecule has 19 heavy (non-hydrogen) atoms. The van der Waals surface area contributed by atoms with Crippen LogP contribution in [0.15, 0.2) is 18.2 Å². The van der Waals surface area contributed by atoms with E-state index in [0.717, 1.165) is 23.5 Å². The van der Waals surface area contributed by atoms with Gasteiger partial charge in [-0.1, -0.05) is 6.07 Å². The van der Waals surface area contributed by atoms with Crippen LogP contribution in [0.4, 0.5) is 5.69 Å². The van der Waals surface area contributed by atoms with E-state index in [2.05, 4.69) is 24.8 Å². The van der Waals surface area contributed by atoms with Gasteiger partial charge in [0.2, 0.25) is 0 Å². The van der Waals surface area contributed by atoms with Gasteiger partial charge in [0.25, 0.3) is 0 Å². The average molecular weight is 266 g/mol. The first kappa shape index (κ1) is 15.8. The molecule has 4 heteroatoms. The van der Waals surface area contributed by atoms with E-state index < -0.39 is 0 Å². The third-order valence-corrected chi connectivity index (χ3v) is 3.19. The number of hydrogen-bond acceptors (Lipinski definition) is 4. The summed E-state index contributed by atoms with van der Waals surface area (Å²) in [5, 5.41) is 0. The Morgan fingerprint density at radius 3 is 2.37 bits per heavy atom. The Kier molecular flexibility index (Phi) is 6.12. The topological polar surface area (TPSA) is 47.7 Å². The molecule has 0 aromatic heterocycles. The van der Waals surface area contributed by atoms with Crippen molar-refractivity contribution in [1.29, 1.82) is 0 Å². The van der Waals surface area contributed by atoms with Crippen LogP contribution < -0.4 is 15.4 Å². The fourth-order valence-electron chi connectivity index (χ4n) is 2.27. The summed E-state index contributed by atoms with van der Waals surface area (Å²) in [5.41, 5.74) is 8.30. The molecule has 108 valence electrons. The molecule has 0 aliphatic heterocycles. The van der Waals surface area contributed by atoms with Crippen LogP contribution in [0.3, 0.4) is 0 Å². The molecule has 0 saturated carbocycles. The third kappa shape index (κ3) is 3.85. The van der Waals surface area contributed by atoms with E-state index in [9.17, 15) is 0 Å². The molecule has 0 aliphatic carbocycles. The Bertz CT molecular complexity index is 392. The van der Waals surface area contributed by atoms with E-state index in [4.69, 9.17) is 15.2 Å². The molecule has 0 unspecified atom stereocenters. The van der Waals surface area contributed by atoms with Crippen molar-refractivity contribution in [1.82, 2.24) is 0 Å². The Morgan fingerprint density at radius 1 is 1.21 bits per heavy atom. The Hall–Kier alpha value is -1.26. The van der Waals surface area contributed by atoms with Gasteiger partial charge in [-0.2, -0.15) is 0 Å². The minimum atomic E-state index is -0.0741. The van der Waals surface area contributed by atoms with Crippen molar-refractivity contribution in [3.05, 3.63) is 23.8 Å². The monoisotopic (exact) mass is 266 g/mol. The first-order chi connectivity index (χ1) is 9.02. The van der Waals surface area contributed by atoms with E-state index >= 15 is 0 Å². The standard InChI is InChI=1S/C15H26N2O2/c1-11(2)17(9-10-18-4)13-7-6-8-14(19-5)15(13)12(3)16/h6-8,11-12H,9-10,16H2,1-5H3/t12-/m1/s1. The molecule has 0 radical (unpaired) electrons. The minimum Gasteiger partial charge on any atom is -0.496 e. The van der Waals surface area contributed by atoms with Gasteiger partial charge in [0.15, 0.2) is 0 Å². The highest BCUT2D eigenvalue weighted by molar-refractivity contribution is 5.61. The van der Waals surface area contributed by atoms with Gasteiger partial charge >= 0.3 is 0 Å². The zero-order chi connectivity index (χ0) is 14.4. The first-order valence-corrected chi connectivity index (χ1v) is 6.71. The minimum absolute atomic E-state index is 0.0741. The molecule has 1 aromatic rings.